The monoisotopic (exact) mass is 308 g/mol. The van der Waals surface area contributed by atoms with E-state index in [-0.39, 0.29) is 6.03 Å². The Morgan fingerprint density at radius 3 is 2.86 bits per heavy atom. The molecule has 5 heteroatoms. The van der Waals surface area contributed by atoms with E-state index < -0.39 is 0 Å². The molecule has 4 nitrogen and oxygen atoms in total. The van der Waals surface area contributed by atoms with Gasteiger partial charge in [0.05, 0.1) is 6.61 Å². The molecular formula is C16H24N2O2S. The van der Waals surface area contributed by atoms with E-state index >= 15 is 0 Å². The van der Waals surface area contributed by atoms with Crippen LogP contribution in [-0.4, -0.2) is 31.5 Å². The van der Waals surface area contributed by atoms with Gasteiger partial charge in [-0.3, -0.25) is 0 Å². The molecule has 21 heavy (non-hydrogen) atoms. The molecule has 1 aromatic rings. The van der Waals surface area contributed by atoms with E-state index in [2.05, 4.69) is 17.6 Å². The zero-order chi connectivity index (χ0) is 14.9. The third-order valence-corrected chi connectivity index (χ3v) is 4.61. The molecule has 0 aliphatic carbocycles. The summed E-state index contributed by atoms with van der Waals surface area (Å²) in [6.45, 7) is 4.45. The lowest BCUT2D eigenvalue weighted by molar-refractivity contribution is 0.0559. The third kappa shape index (κ3) is 5.98. The van der Waals surface area contributed by atoms with Crippen LogP contribution in [-0.2, 0) is 4.74 Å². The molecule has 2 amide bonds. The first kappa shape index (κ1) is 16.2. The molecule has 1 saturated heterocycles. The van der Waals surface area contributed by atoms with Crippen LogP contribution in [0.2, 0.25) is 0 Å². The number of carbonyl (C=O) groups is 1. The number of hydrogen-bond acceptors (Lipinski definition) is 3. The normalized spacial score (nSPS) is 18.2. The number of rotatable bonds is 6. The van der Waals surface area contributed by atoms with Crippen molar-refractivity contribution in [1.82, 2.24) is 5.32 Å². The average Bonchev–Trinajstić information content (AvgIpc) is 2.53. The van der Waals surface area contributed by atoms with Crippen LogP contribution >= 0.6 is 11.8 Å². The fourth-order valence-corrected chi connectivity index (χ4v) is 3.00. The van der Waals surface area contributed by atoms with Crippen LogP contribution in [0.1, 0.15) is 26.2 Å². The maximum absolute atomic E-state index is 11.8. The van der Waals surface area contributed by atoms with Crippen molar-refractivity contribution in [3.05, 3.63) is 24.3 Å². The molecule has 2 rings (SSSR count). The molecule has 1 aromatic carbocycles. The molecule has 1 atom stereocenters. The Hall–Kier alpha value is -1.20. The molecule has 0 radical (unpaired) electrons. The van der Waals surface area contributed by atoms with E-state index in [9.17, 15) is 4.79 Å². The predicted molar refractivity (Wildman–Crippen MR) is 88.0 cm³/mol. The number of nitrogens with one attached hydrogen (secondary N) is 2. The van der Waals surface area contributed by atoms with Crippen molar-refractivity contribution in [2.24, 2.45) is 5.92 Å². The molecule has 0 saturated carbocycles. The summed E-state index contributed by atoms with van der Waals surface area (Å²) in [7, 11) is 0. The fraction of sp³-hybridized carbons (Fsp3) is 0.562. The molecular weight excluding hydrogens is 284 g/mol. The molecule has 116 valence electrons. The van der Waals surface area contributed by atoms with Crippen LogP contribution < -0.4 is 10.6 Å². The second kappa shape index (κ2) is 8.95. The highest BCUT2D eigenvalue weighted by Crippen LogP contribution is 2.20. The second-order valence-corrected chi connectivity index (χ2v) is 6.46. The number of benzene rings is 1. The van der Waals surface area contributed by atoms with Gasteiger partial charge in [-0.25, -0.2) is 4.79 Å². The SMILES string of the molecule is CCCSc1ccc(NC(=O)NC[C@@H]2CCCOC2)cc1. The van der Waals surface area contributed by atoms with Crippen LogP contribution in [0.3, 0.4) is 0 Å². The van der Waals surface area contributed by atoms with Crippen LogP contribution in [0.15, 0.2) is 29.2 Å². The first-order chi connectivity index (χ1) is 10.3. The van der Waals surface area contributed by atoms with Crippen LogP contribution in [0.4, 0.5) is 10.5 Å². The van der Waals surface area contributed by atoms with E-state index in [4.69, 9.17) is 4.74 Å². The zero-order valence-electron chi connectivity index (χ0n) is 12.6. The number of amides is 2. The number of anilines is 1. The number of carbonyl (C=O) groups excluding carboxylic acids is 1. The Bertz CT molecular complexity index is 430. The molecule has 0 bridgehead atoms. The van der Waals surface area contributed by atoms with Crippen molar-refractivity contribution in [2.75, 3.05) is 30.8 Å². The van der Waals surface area contributed by atoms with Gasteiger partial charge in [0.25, 0.3) is 0 Å². The van der Waals surface area contributed by atoms with Gasteiger partial charge in [0, 0.05) is 23.7 Å². The first-order valence-corrected chi connectivity index (χ1v) is 8.62. The molecule has 1 aliphatic heterocycles. The van der Waals surface area contributed by atoms with Gasteiger partial charge in [0.2, 0.25) is 0 Å². The summed E-state index contributed by atoms with van der Waals surface area (Å²) >= 11 is 1.83. The van der Waals surface area contributed by atoms with Crippen molar-refractivity contribution in [3.8, 4) is 0 Å². The maximum atomic E-state index is 11.8. The van der Waals surface area contributed by atoms with Gasteiger partial charge in [-0.05, 0) is 55.2 Å². The van der Waals surface area contributed by atoms with Gasteiger partial charge in [-0.1, -0.05) is 6.92 Å². The summed E-state index contributed by atoms with van der Waals surface area (Å²) in [6, 6.07) is 7.84. The van der Waals surface area contributed by atoms with Crippen molar-refractivity contribution in [2.45, 2.75) is 31.1 Å². The summed E-state index contributed by atoms with van der Waals surface area (Å²) in [6.07, 6.45) is 3.38. The molecule has 0 aromatic heterocycles. The minimum absolute atomic E-state index is 0.144. The lowest BCUT2D eigenvalue weighted by Crippen LogP contribution is -2.35. The highest BCUT2D eigenvalue weighted by atomic mass is 32.2. The molecule has 0 spiro atoms. The molecule has 0 unspecified atom stereocenters. The van der Waals surface area contributed by atoms with Gasteiger partial charge in [0.15, 0.2) is 0 Å². The van der Waals surface area contributed by atoms with Gasteiger partial charge < -0.3 is 15.4 Å². The predicted octanol–water partition coefficient (Wildman–Crippen LogP) is 3.74. The number of thioether (sulfide) groups is 1. The minimum atomic E-state index is -0.144. The average molecular weight is 308 g/mol. The second-order valence-electron chi connectivity index (χ2n) is 5.29. The first-order valence-electron chi connectivity index (χ1n) is 7.63. The van der Waals surface area contributed by atoms with E-state index in [0.29, 0.717) is 12.5 Å². The maximum Gasteiger partial charge on any atom is 0.319 e. The summed E-state index contributed by atoms with van der Waals surface area (Å²) in [5.74, 6) is 1.56. The molecule has 1 heterocycles. The van der Waals surface area contributed by atoms with E-state index in [1.54, 1.807) is 0 Å². The van der Waals surface area contributed by atoms with E-state index in [1.807, 2.05) is 36.0 Å². The Labute approximate surface area is 131 Å². The van der Waals surface area contributed by atoms with Crippen molar-refractivity contribution >= 4 is 23.5 Å². The largest absolute Gasteiger partial charge is 0.381 e. The Balaban J connectivity index is 1.71. The van der Waals surface area contributed by atoms with Crippen molar-refractivity contribution < 1.29 is 9.53 Å². The van der Waals surface area contributed by atoms with Gasteiger partial charge >= 0.3 is 6.03 Å². The van der Waals surface area contributed by atoms with Gasteiger partial charge in [0.1, 0.15) is 0 Å². The fourth-order valence-electron chi connectivity index (χ4n) is 2.24. The van der Waals surface area contributed by atoms with Crippen LogP contribution in [0, 0.1) is 5.92 Å². The Morgan fingerprint density at radius 2 is 2.19 bits per heavy atom. The van der Waals surface area contributed by atoms with Gasteiger partial charge in [-0.15, -0.1) is 11.8 Å². The van der Waals surface area contributed by atoms with Crippen molar-refractivity contribution in [3.63, 3.8) is 0 Å². The lowest BCUT2D eigenvalue weighted by atomic mass is 10.0. The summed E-state index contributed by atoms with van der Waals surface area (Å²) < 4.78 is 5.40. The Morgan fingerprint density at radius 1 is 1.38 bits per heavy atom. The number of hydrogen-bond donors (Lipinski definition) is 2. The summed E-state index contributed by atoms with van der Waals surface area (Å²) in [5, 5.41) is 5.78. The topological polar surface area (TPSA) is 50.4 Å². The third-order valence-electron chi connectivity index (χ3n) is 3.39. The van der Waals surface area contributed by atoms with E-state index in [1.165, 1.54) is 4.90 Å². The van der Waals surface area contributed by atoms with Crippen LogP contribution in [0.25, 0.3) is 0 Å². The lowest BCUT2D eigenvalue weighted by Gasteiger charge is -2.22. The molecule has 1 aliphatic rings. The standard InChI is InChI=1S/C16H24N2O2S/c1-2-10-21-15-7-5-14(6-8-15)18-16(19)17-11-13-4-3-9-20-12-13/h5-8,13H,2-4,9-12H2,1H3,(H2,17,18,19)/t13-/m0/s1. The zero-order valence-corrected chi connectivity index (χ0v) is 13.4. The van der Waals surface area contributed by atoms with Crippen LogP contribution in [0.5, 0.6) is 0 Å². The molecule has 2 N–H and O–H groups in total. The number of urea groups is 1. The quantitative estimate of drug-likeness (QED) is 0.787. The smallest absolute Gasteiger partial charge is 0.319 e. The summed E-state index contributed by atoms with van der Waals surface area (Å²) in [5.41, 5.74) is 0.827. The Kier molecular flexibility index (Phi) is 6.89. The number of ether oxygens (including phenoxy) is 1. The van der Waals surface area contributed by atoms with E-state index in [0.717, 1.165) is 43.9 Å². The van der Waals surface area contributed by atoms with Gasteiger partial charge in [-0.2, -0.15) is 0 Å². The summed E-state index contributed by atoms with van der Waals surface area (Å²) in [4.78, 5) is 13.1. The van der Waals surface area contributed by atoms with Crippen molar-refractivity contribution in [1.29, 1.82) is 0 Å². The highest BCUT2D eigenvalue weighted by molar-refractivity contribution is 7.99. The minimum Gasteiger partial charge on any atom is -0.381 e. The highest BCUT2D eigenvalue weighted by Gasteiger charge is 2.14. The molecule has 1 fully saturated rings.